The molecule has 1 unspecified atom stereocenters. The van der Waals surface area contributed by atoms with Crippen LogP contribution in [0.1, 0.15) is 39.7 Å². The zero-order valence-corrected chi connectivity index (χ0v) is 15.9. The molecule has 25 heavy (non-hydrogen) atoms. The van der Waals surface area contributed by atoms with Gasteiger partial charge in [-0.25, -0.2) is 0 Å². The van der Waals surface area contributed by atoms with Crippen LogP contribution in [0, 0.1) is 0 Å². The molecular weight excluding hydrogens is 322 g/mol. The van der Waals surface area contributed by atoms with E-state index in [1.165, 1.54) is 0 Å². The van der Waals surface area contributed by atoms with Crippen LogP contribution >= 0.6 is 0 Å². The first kappa shape index (κ1) is 21.3. The fraction of sp³-hybridized carbons (Fsp3) is 0.632. The van der Waals surface area contributed by atoms with Gasteiger partial charge in [0.2, 0.25) is 0 Å². The molecule has 6 nitrogen and oxygen atoms in total. The molecule has 142 valence electrons. The fourth-order valence-corrected chi connectivity index (χ4v) is 2.17. The number of ether oxygens (including phenoxy) is 3. The van der Waals surface area contributed by atoms with Crippen LogP contribution in [-0.2, 0) is 16.0 Å². The number of aliphatic hydroxyl groups is 1. The zero-order valence-electron chi connectivity index (χ0n) is 15.9. The Labute approximate surface area is 150 Å². The summed E-state index contributed by atoms with van der Waals surface area (Å²) in [7, 11) is 1.57. The van der Waals surface area contributed by atoms with Gasteiger partial charge in [0.1, 0.15) is 12.7 Å². The molecule has 0 spiro atoms. The largest absolute Gasteiger partial charge is 0.493 e. The summed E-state index contributed by atoms with van der Waals surface area (Å²) in [6.45, 7) is 8.35. The molecule has 0 heterocycles. The summed E-state index contributed by atoms with van der Waals surface area (Å²) in [4.78, 5) is 11.6. The molecule has 0 aliphatic rings. The maximum Gasteiger partial charge on any atom is 0.306 e. The van der Waals surface area contributed by atoms with Crippen LogP contribution in [0.2, 0.25) is 0 Å². The van der Waals surface area contributed by atoms with Crippen molar-refractivity contribution in [1.82, 2.24) is 5.32 Å². The maximum absolute atomic E-state index is 11.6. The number of hydrogen-bond acceptors (Lipinski definition) is 6. The molecule has 0 aliphatic carbocycles. The topological polar surface area (TPSA) is 77.0 Å². The van der Waals surface area contributed by atoms with Crippen molar-refractivity contribution in [2.45, 2.75) is 58.8 Å². The minimum Gasteiger partial charge on any atom is -0.493 e. The summed E-state index contributed by atoms with van der Waals surface area (Å²) in [5.41, 5.74) is 0.965. The molecular formula is C19H31NO5. The summed E-state index contributed by atoms with van der Waals surface area (Å²) in [5, 5.41) is 13.1. The monoisotopic (exact) mass is 353 g/mol. The average molecular weight is 353 g/mol. The van der Waals surface area contributed by atoms with E-state index in [9.17, 15) is 9.90 Å². The Balaban J connectivity index is 2.55. The van der Waals surface area contributed by atoms with E-state index in [-0.39, 0.29) is 18.7 Å². The lowest BCUT2D eigenvalue weighted by Crippen LogP contribution is -2.35. The predicted octanol–water partition coefficient (Wildman–Crippen LogP) is 2.32. The number of rotatable bonds is 11. The summed E-state index contributed by atoms with van der Waals surface area (Å²) in [6, 6.07) is 5.84. The normalized spacial score (nSPS) is 12.3. The van der Waals surface area contributed by atoms with Gasteiger partial charge >= 0.3 is 5.97 Å². The number of carbonyl (C=O) groups is 1. The van der Waals surface area contributed by atoms with Crippen molar-refractivity contribution in [3.8, 4) is 11.5 Å². The number of methoxy groups -OCH3 is 1. The molecule has 0 saturated carbocycles. The Morgan fingerprint density at radius 3 is 2.52 bits per heavy atom. The van der Waals surface area contributed by atoms with Crippen LogP contribution in [-0.4, -0.2) is 49.6 Å². The van der Waals surface area contributed by atoms with E-state index < -0.39 is 6.10 Å². The predicted molar refractivity (Wildman–Crippen MR) is 97.2 cm³/mol. The number of esters is 1. The molecule has 6 heteroatoms. The molecule has 0 radical (unpaired) electrons. The van der Waals surface area contributed by atoms with E-state index >= 15 is 0 Å². The molecule has 0 aromatic heterocycles. The smallest absolute Gasteiger partial charge is 0.306 e. The summed E-state index contributed by atoms with van der Waals surface area (Å²) in [5.74, 6) is 0.938. The van der Waals surface area contributed by atoms with Crippen LogP contribution in [0.4, 0.5) is 0 Å². The quantitative estimate of drug-likeness (QED) is 0.595. The lowest BCUT2D eigenvalue weighted by atomic mass is 10.1. The van der Waals surface area contributed by atoms with Crippen molar-refractivity contribution in [3.05, 3.63) is 23.8 Å². The average Bonchev–Trinajstić information content (AvgIpc) is 2.55. The van der Waals surface area contributed by atoms with Crippen molar-refractivity contribution in [3.63, 3.8) is 0 Å². The van der Waals surface area contributed by atoms with E-state index in [0.717, 1.165) is 5.56 Å². The summed E-state index contributed by atoms with van der Waals surface area (Å²) < 4.78 is 16.1. The molecule has 0 aliphatic heterocycles. The fourth-order valence-electron chi connectivity index (χ4n) is 2.17. The third kappa shape index (κ3) is 8.74. The standard InChI is InChI=1S/C19H31NO5/c1-13(2)20-11-16(21)12-24-17-8-6-15(10-18(17)23-5)7-9-19(22)25-14(3)4/h6,8,10,13-14,16,20-21H,7,9,11-12H2,1-5H3. The van der Waals surface area contributed by atoms with Crippen molar-refractivity contribution >= 4 is 5.97 Å². The third-order valence-electron chi connectivity index (χ3n) is 3.41. The van der Waals surface area contributed by atoms with E-state index in [0.29, 0.717) is 36.9 Å². The summed E-state index contributed by atoms with van der Waals surface area (Å²) in [6.07, 6.45) is 0.191. The van der Waals surface area contributed by atoms with E-state index in [1.54, 1.807) is 13.2 Å². The van der Waals surface area contributed by atoms with Gasteiger partial charge < -0.3 is 24.6 Å². The van der Waals surface area contributed by atoms with Gasteiger partial charge in [0.25, 0.3) is 0 Å². The lowest BCUT2D eigenvalue weighted by molar-refractivity contribution is -0.147. The highest BCUT2D eigenvalue weighted by Gasteiger charge is 2.11. The maximum atomic E-state index is 11.6. The number of nitrogens with one attached hydrogen (secondary N) is 1. The van der Waals surface area contributed by atoms with Gasteiger partial charge in [-0.05, 0) is 38.0 Å². The van der Waals surface area contributed by atoms with Crippen LogP contribution < -0.4 is 14.8 Å². The highest BCUT2D eigenvalue weighted by Crippen LogP contribution is 2.28. The first-order valence-electron chi connectivity index (χ1n) is 8.72. The van der Waals surface area contributed by atoms with Crippen molar-refractivity contribution in [2.75, 3.05) is 20.3 Å². The van der Waals surface area contributed by atoms with Crippen LogP contribution in [0.3, 0.4) is 0 Å². The SMILES string of the molecule is COc1cc(CCC(=O)OC(C)C)ccc1OCC(O)CNC(C)C. The molecule has 0 fully saturated rings. The Morgan fingerprint density at radius 2 is 1.92 bits per heavy atom. The Kier molecular flexibility index (Phi) is 9.31. The molecule has 1 rings (SSSR count). The highest BCUT2D eigenvalue weighted by atomic mass is 16.5. The molecule has 2 N–H and O–H groups in total. The second kappa shape index (κ2) is 10.9. The third-order valence-corrected chi connectivity index (χ3v) is 3.41. The minimum absolute atomic E-state index is 0.102. The van der Waals surface area contributed by atoms with Gasteiger partial charge in [-0.1, -0.05) is 19.9 Å². The van der Waals surface area contributed by atoms with Gasteiger partial charge in [-0.3, -0.25) is 4.79 Å². The van der Waals surface area contributed by atoms with Crippen LogP contribution in [0.25, 0.3) is 0 Å². The van der Waals surface area contributed by atoms with Crippen molar-refractivity contribution in [2.24, 2.45) is 0 Å². The number of aryl methyl sites for hydroxylation is 1. The molecule has 1 aromatic carbocycles. The Hall–Kier alpha value is -1.79. The van der Waals surface area contributed by atoms with Crippen LogP contribution in [0.5, 0.6) is 11.5 Å². The van der Waals surface area contributed by atoms with E-state index in [1.807, 2.05) is 39.8 Å². The van der Waals surface area contributed by atoms with Gasteiger partial charge in [0.05, 0.1) is 13.2 Å². The molecule has 0 saturated heterocycles. The number of carbonyl (C=O) groups excluding carboxylic acids is 1. The first-order chi connectivity index (χ1) is 11.8. The summed E-state index contributed by atoms with van der Waals surface area (Å²) >= 11 is 0. The highest BCUT2D eigenvalue weighted by molar-refractivity contribution is 5.70. The van der Waals surface area contributed by atoms with Gasteiger partial charge in [-0.15, -0.1) is 0 Å². The van der Waals surface area contributed by atoms with Crippen LogP contribution in [0.15, 0.2) is 18.2 Å². The number of hydrogen-bond donors (Lipinski definition) is 2. The first-order valence-corrected chi connectivity index (χ1v) is 8.72. The van der Waals surface area contributed by atoms with Crippen molar-refractivity contribution < 1.29 is 24.1 Å². The number of benzene rings is 1. The molecule has 1 aromatic rings. The Morgan fingerprint density at radius 1 is 1.20 bits per heavy atom. The molecule has 1 atom stereocenters. The van der Waals surface area contributed by atoms with Gasteiger partial charge in [0, 0.05) is 19.0 Å². The van der Waals surface area contributed by atoms with E-state index in [4.69, 9.17) is 14.2 Å². The van der Waals surface area contributed by atoms with Crippen molar-refractivity contribution in [1.29, 1.82) is 0 Å². The Bertz CT molecular complexity index is 531. The second-order valence-corrected chi connectivity index (χ2v) is 6.55. The minimum atomic E-state index is -0.599. The lowest BCUT2D eigenvalue weighted by Gasteiger charge is -2.17. The molecule has 0 amide bonds. The number of aliphatic hydroxyl groups excluding tert-OH is 1. The second-order valence-electron chi connectivity index (χ2n) is 6.55. The van der Waals surface area contributed by atoms with Gasteiger partial charge in [-0.2, -0.15) is 0 Å². The van der Waals surface area contributed by atoms with E-state index in [2.05, 4.69) is 5.32 Å². The molecule has 0 bridgehead atoms. The zero-order chi connectivity index (χ0) is 18.8. The van der Waals surface area contributed by atoms with Gasteiger partial charge in [0.15, 0.2) is 11.5 Å².